The van der Waals surface area contributed by atoms with Crippen LogP contribution in [-0.4, -0.2) is 40.4 Å². The van der Waals surface area contributed by atoms with Crippen LogP contribution in [0.15, 0.2) is 59.7 Å². The van der Waals surface area contributed by atoms with E-state index in [1.165, 1.54) is 15.5 Å². The summed E-state index contributed by atoms with van der Waals surface area (Å²) in [4.78, 5) is 30.6. The molecule has 3 aromatic rings. The number of fused-ring (bicyclic) bond motifs is 1. The van der Waals surface area contributed by atoms with E-state index in [1.54, 1.807) is 31.4 Å². The van der Waals surface area contributed by atoms with Crippen molar-refractivity contribution in [1.82, 2.24) is 14.3 Å². The van der Waals surface area contributed by atoms with Crippen molar-refractivity contribution in [3.63, 3.8) is 0 Å². The van der Waals surface area contributed by atoms with Crippen LogP contribution in [0.25, 0.3) is 5.65 Å². The molecule has 2 heterocycles. The molecule has 6 nitrogen and oxygen atoms in total. The number of likely N-dealkylation sites (N-methyl/N-ethyl adjacent to an activating group) is 1. The van der Waals surface area contributed by atoms with Gasteiger partial charge in [0.15, 0.2) is 0 Å². The van der Waals surface area contributed by atoms with Crippen molar-refractivity contribution in [2.24, 2.45) is 0 Å². The zero-order chi connectivity index (χ0) is 17.8. The van der Waals surface area contributed by atoms with E-state index in [-0.39, 0.29) is 17.0 Å². The van der Waals surface area contributed by atoms with Gasteiger partial charge in [0.05, 0.1) is 6.54 Å². The van der Waals surface area contributed by atoms with Crippen LogP contribution in [0, 0.1) is 6.92 Å². The molecule has 128 valence electrons. The molecule has 0 aliphatic rings. The summed E-state index contributed by atoms with van der Waals surface area (Å²) in [6.45, 7) is 2.71. The van der Waals surface area contributed by atoms with Crippen molar-refractivity contribution >= 4 is 11.6 Å². The van der Waals surface area contributed by atoms with E-state index < -0.39 is 0 Å². The van der Waals surface area contributed by atoms with Gasteiger partial charge in [-0.1, -0.05) is 23.8 Å². The highest BCUT2D eigenvalue weighted by Crippen LogP contribution is 2.11. The summed E-state index contributed by atoms with van der Waals surface area (Å²) in [5.41, 5.74) is 1.33. The van der Waals surface area contributed by atoms with Crippen LogP contribution in [0.3, 0.4) is 0 Å². The number of benzene rings is 1. The molecule has 6 heteroatoms. The Morgan fingerprint density at radius 2 is 1.96 bits per heavy atom. The topological polar surface area (TPSA) is 63.9 Å². The quantitative estimate of drug-likeness (QED) is 0.716. The second-order valence-electron chi connectivity index (χ2n) is 5.79. The van der Waals surface area contributed by atoms with E-state index in [9.17, 15) is 9.59 Å². The molecule has 25 heavy (non-hydrogen) atoms. The lowest BCUT2D eigenvalue weighted by Crippen LogP contribution is -2.35. The SMILES string of the molecule is Cc1ccc(OCCN(C)C(=O)c2cnc3ccccn3c2=O)cc1. The standard InChI is InChI=1S/C19H19N3O3/c1-14-6-8-15(9-7-14)25-12-11-21(2)18(23)16-13-20-17-5-3-4-10-22(17)19(16)24/h3-10,13H,11-12H2,1-2H3. The fraction of sp³-hybridized carbons (Fsp3) is 0.211. The van der Waals surface area contributed by atoms with Crippen molar-refractivity contribution < 1.29 is 9.53 Å². The first-order valence-electron chi connectivity index (χ1n) is 7.97. The number of aryl methyl sites for hydroxylation is 1. The van der Waals surface area contributed by atoms with E-state index in [4.69, 9.17) is 4.74 Å². The number of aromatic nitrogens is 2. The molecule has 0 unspecified atom stereocenters. The average Bonchev–Trinajstić information content (AvgIpc) is 2.63. The summed E-state index contributed by atoms with van der Waals surface area (Å²) in [6, 6.07) is 12.9. The van der Waals surface area contributed by atoms with Gasteiger partial charge in [0.1, 0.15) is 23.6 Å². The molecule has 0 N–H and O–H groups in total. The van der Waals surface area contributed by atoms with E-state index >= 15 is 0 Å². The van der Waals surface area contributed by atoms with Gasteiger partial charge in [-0.05, 0) is 31.2 Å². The molecule has 2 aromatic heterocycles. The maximum atomic E-state index is 12.5. The van der Waals surface area contributed by atoms with Crippen LogP contribution in [0.4, 0.5) is 0 Å². The largest absolute Gasteiger partial charge is 0.492 e. The highest BCUT2D eigenvalue weighted by molar-refractivity contribution is 5.93. The molecule has 0 saturated carbocycles. The van der Waals surface area contributed by atoms with Crippen LogP contribution < -0.4 is 10.3 Å². The first kappa shape index (κ1) is 16.7. The Balaban J connectivity index is 1.67. The number of carbonyl (C=O) groups excluding carboxylic acids is 1. The van der Waals surface area contributed by atoms with Gasteiger partial charge in [-0.2, -0.15) is 0 Å². The molecule has 0 bridgehead atoms. The van der Waals surface area contributed by atoms with Crippen LogP contribution in [-0.2, 0) is 0 Å². The van der Waals surface area contributed by atoms with Gasteiger partial charge < -0.3 is 9.64 Å². The molecule has 0 aliphatic heterocycles. The van der Waals surface area contributed by atoms with Crippen molar-refractivity contribution in [3.05, 3.63) is 76.3 Å². The van der Waals surface area contributed by atoms with E-state index in [0.29, 0.717) is 18.8 Å². The maximum Gasteiger partial charge on any atom is 0.270 e. The summed E-state index contributed by atoms with van der Waals surface area (Å²) in [5, 5.41) is 0. The predicted octanol–water partition coefficient (Wildman–Crippen LogP) is 2.15. The Kier molecular flexibility index (Phi) is 4.79. The number of carbonyl (C=O) groups is 1. The molecule has 0 radical (unpaired) electrons. The first-order valence-corrected chi connectivity index (χ1v) is 7.97. The minimum absolute atomic E-state index is 0.0431. The zero-order valence-electron chi connectivity index (χ0n) is 14.2. The Morgan fingerprint density at radius 1 is 1.20 bits per heavy atom. The van der Waals surface area contributed by atoms with Gasteiger partial charge >= 0.3 is 0 Å². The van der Waals surface area contributed by atoms with Gasteiger partial charge in [-0.15, -0.1) is 0 Å². The van der Waals surface area contributed by atoms with Crippen LogP contribution in [0.5, 0.6) is 5.75 Å². The Morgan fingerprint density at radius 3 is 2.72 bits per heavy atom. The molecule has 0 spiro atoms. The average molecular weight is 337 g/mol. The van der Waals surface area contributed by atoms with E-state index in [1.807, 2.05) is 31.2 Å². The van der Waals surface area contributed by atoms with Gasteiger partial charge in [0.25, 0.3) is 11.5 Å². The van der Waals surface area contributed by atoms with E-state index in [2.05, 4.69) is 4.98 Å². The summed E-state index contributed by atoms with van der Waals surface area (Å²) in [7, 11) is 1.64. The highest BCUT2D eigenvalue weighted by Gasteiger charge is 2.17. The van der Waals surface area contributed by atoms with Crippen LogP contribution >= 0.6 is 0 Å². The first-order chi connectivity index (χ1) is 12.1. The fourth-order valence-electron chi connectivity index (χ4n) is 2.42. The van der Waals surface area contributed by atoms with Gasteiger partial charge in [0.2, 0.25) is 0 Å². The minimum atomic E-state index is -0.373. The second-order valence-corrected chi connectivity index (χ2v) is 5.79. The van der Waals surface area contributed by atoms with Gasteiger partial charge in [-0.25, -0.2) is 4.98 Å². The third-order valence-corrected chi connectivity index (χ3v) is 3.91. The molecule has 3 rings (SSSR count). The predicted molar refractivity (Wildman–Crippen MR) is 95.1 cm³/mol. The minimum Gasteiger partial charge on any atom is -0.492 e. The van der Waals surface area contributed by atoms with Crippen LogP contribution in [0.1, 0.15) is 15.9 Å². The number of rotatable bonds is 5. The third kappa shape index (κ3) is 3.68. The van der Waals surface area contributed by atoms with Crippen LogP contribution in [0.2, 0.25) is 0 Å². The lowest BCUT2D eigenvalue weighted by Gasteiger charge is -2.17. The smallest absolute Gasteiger partial charge is 0.270 e. The lowest BCUT2D eigenvalue weighted by molar-refractivity contribution is 0.0771. The molecular formula is C19H19N3O3. The zero-order valence-corrected chi connectivity index (χ0v) is 14.2. The van der Waals surface area contributed by atoms with Crippen molar-refractivity contribution in [3.8, 4) is 5.75 Å². The second kappa shape index (κ2) is 7.17. The normalized spacial score (nSPS) is 10.6. The van der Waals surface area contributed by atoms with Crippen molar-refractivity contribution in [2.45, 2.75) is 6.92 Å². The molecule has 0 saturated heterocycles. The fourth-order valence-corrected chi connectivity index (χ4v) is 2.42. The molecule has 1 aromatic carbocycles. The van der Waals surface area contributed by atoms with Gasteiger partial charge in [-0.3, -0.25) is 14.0 Å². The Bertz CT molecular complexity index is 948. The van der Waals surface area contributed by atoms with Gasteiger partial charge in [0, 0.05) is 19.4 Å². The highest BCUT2D eigenvalue weighted by atomic mass is 16.5. The van der Waals surface area contributed by atoms with E-state index in [0.717, 1.165) is 11.3 Å². The number of ether oxygens (including phenoxy) is 1. The lowest BCUT2D eigenvalue weighted by atomic mass is 10.2. The molecular weight excluding hydrogens is 318 g/mol. The number of hydrogen-bond donors (Lipinski definition) is 0. The third-order valence-electron chi connectivity index (χ3n) is 3.91. The molecule has 0 aliphatic carbocycles. The Hall–Kier alpha value is -3.15. The maximum absolute atomic E-state index is 12.5. The summed E-state index contributed by atoms with van der Waals surface area (Å²) < 4.78 is 6.99. The number of pyridine rings is 1. The molecule has 0 atom stereocenters. The summed E-state index contributed by atoms with van der Waals surface area (Å²) >= 11 is 0. The summed E-state index contributed by atoms with van der Waals surface area (Å²) in [6.07, 6.45) is 2.93. The van der Waals surface area contributed by atoms with Crippen molar-refractivity contribution in [1.29, 1.82) is 0 Å². The number of nitrogens with zero attached hydrogens (tertiary/aromatic N) is 3. The Labute approximate surface area is 145 Å². The molecule has 1 amide bonds. The molecule has 0 fully saturated rings. The number of amides is 1. The monoisotopic (exact) mass is 337 g/mol. The van der Waals surface area contributed by atoms with Crippen molar-refractivity contribution in [2.75, 3.05) is 20.2 Å². The summed E-state index contributed by atoms with van der Waals surface area (Å²) in [5.74, 6) is 0.377. The number of hydrogen-bond acceptors (Lipinski definition) is 4.